The number of rotatable bonds is 5. The van der Waals surface area contributed by atoms with E-state index >= 15 is 0 Å². The summed E-state index contributed by atoms with van der Waals surface area (Å²) in [5.41, 5.74) is 0. The van der Waals surface area contributed by atoms with Crippen LogP contribution >= 0.6 is 0 Å². The van der Waals surface area contributed by atoms with Crippen LogP contribution in [0.15, 0.2) is 4.99 Å². The van der Waals surface area contributed by atoms with Gasteiger partial charge < -0.3 is 15.3 Å². The highest BCUT2D eigenvalue weighted by molar-refractivity contribution is 7.90. The summed E-state index contributed by atoms with van der Waals surface area (Å²) in [6.07, 6.45) is 2.24. The Bertz CT molecular complexity index is 381. The second kappa shape index (κ2) is 6.94. The third-order valence-corrected chi connectivity index (χ3v) is 3.76. The predicted octanol–water partition coefficient (Wildman–Crippen LogP) is -0.547. The third-order valence-electron chi connectivity index (χ3n) is 2.73. The van der Waals surface area contributed by atoms with Crippen molar-refractivity contribution < 1.29 is 13.5 Å². The third kappa shape index (κ3) is 5.68. The number of likely N-dealkylation sites (tertiary alicyclic amines) is 1. The van der Waals surface area contributed by atoms with Crippen LogP contribution in [0, 0.1) is 0 Å². The van der Waals surface area contributed by atoms with E-state index in [0.717, 1.165) is 25.5 Å². The molecule has 0 spiro atoms. The molecule has 0 aromatic heterocycles. The Balaban J connectivity index is 2.45. The fraction of sp³-hybridized carbons (Fsp3) is 0.909. The van der Waals surface area contributed by atoms with Crippen LogP contribution in [0.2, 0.25) is 0 Å². The number of nitrogens with one attached hydrogen (secondary N) is 1. The average Bonchev–Trinajstić information content (AvgIpc) is 2.68. The van der Waals surface area contributed by atoms with E-state index in [1.807, 2.05) is 11.8 Å². The maximum atomic E-state index is 11.0. The van der Waals surface area contributed by atoms with Gasteiger partial charge in [-0.05, 0) is 19.8 Å². The number of hydrogen-bond acceptors (Lipinski definition) is 4. The van der Waals surface area contributed by atoms with E-state index in [-0.39, 0.29) is 11.9 Å². The molecule has 6 nitrogen and oxygen atoms in total. The highest BCUT2D eigenvalue weighted by atomic mass is 32.2. The zero-order chi connectivity index (χ0) is 13.6. The summed E-state index contributed by atoms with van der Waals surface area (Å²) >= 11 is 0. The van der Waals surface area contributed by atoms with Crippen molar-refractivity contribution >= 4 is 15.8 Å². The average molecular weight is 277 g/mol. The molecule has 7 heteroatoms. The van der Waals surface area contributed by atoms with Gasteiger partial charge in [0.15, 0.2) is 5.96 Å². The van der Waals surface area contributed by atoms with Gasteiger partial charge in [0, 0.05) is 32.4 Å². The first-order valence-corrected chi connectivity index (χ1v) is 8.37. The van der Waals surface area contributed by atoms with Crippen molar-refractivity contribution in [2.45, 2.75) is 25.9 Å². The van der Waals surface area contributed by atoms with Gasteiger partial charge in [0.25, 0.3) is 0 Å². The number of aliphatic hydroxyl groups excluding tert-OH is 1. The minimum Gasteiger partial charge on any atom is -0.391 e. The van der Waals surface area contributed by atoms with Crippen molar-refractivity contribution in [2.24, 2.45) is 4.99 Å². The first-order chi connectivity index (χ1) is 8.42. The smallest absolute Gasteiger partial charge is 0.194 e. The Morgan fingerprint density at radius 1 is 1.56 bits per heavy atom. The van der Waals surface area contributed by atoms with E-state index < -0.39 is 9.84 Å². The molecule has 106 valence electrons. The second-order valence-corrected chi connectivity index (χ2v) is 6.87. The van der Waals surface area contributed by atoms with E-state index in [9.17, 15) is 13.5 Å². The molecule has 0 radical (unpaired) electrons. The summed E-state index contributed by atoms with van der Waals surface area (Å²) < 4.78 is 22.0. The van der Waals surface area contributed by atoms with E-state index in [4.69, 9.17) is 0 Å². The highest BCUT2D eigenvalue weighted by Crippen LogP contribution is 2.08. The molecule has 1 atom stereocenters. The van der Waals surface area contributed by atoms with Gasteiger partial charge in [-0.15, -0.1) is 0 Å². The molecule has 0 bridgehead atoms. The molecule has 1 fully saturated rings. The number of aliphatic hydroxyl groups is 1. The summed E-state index contributed by atoms with van der Waals surface area (Å²) in [6.45, 7) is 4.62. The van der Waals surface area contributed by atoms with Crippen LogP contribution in [0.1, 0.15) is 19.8 Å². The fourth-order valence-electron chi connectivity index (χ4n) is 1.87. The largest absolute Gasteiger partial charge is 0.391 e. The maximum Gasteiger partial charge on any atom is 0.194 e. The zero-order valence-electron chi connectivity index (χ0n) is 11.1. The van der Waals surface area contributed by atoms with Gasteiger partial charge in [-0.25, -0.2) is 8.42 Å². The fourth-order valence-corrected chi connectivity index (χ4v) is 2.53. The molecule has 0 aromatic rings. The Hall–Kier alpha value is -0.820. The number of nitrogens with zero attached hydrogens (tertiary/aromatic N) is 2. The van der Waals surface area contributed by atoms with Crippen LogP contribution in [0.4, 0.5) is 0 Å². The molecule has 0 unspecified atom stereocenters. The van der Waals surface area contributed by atoms with E-state index in [2.05, 4.69) is 10.3 Å². The van der Waals surface area contributed by atoms with Crippen molar-refractivity contribution in [2.75, 3.05) is 38.2 Å². The van der Waals surface area contributed by atoms with Gasteiger partial charge in [0.05, 0.1) is 11.9 Å². The molecular formula is C11H23N3O3S. The normalized spacial score (nSPS) is 21.4. The van der Waals surface area contributed by atoms with E-state index in [1.165, 1.54) is 6.26 Å². The lowest BCUT2D eigenvalue weighted by molar-refractivity contribution is 0.188. The molecule has 0 amide bonds. The highest BCUT2D eigenvalue weighted by Gasteiger charge is 2.22. The lowest BCUT2D eigenvalue weighted by Crippen LogP contribution is -2.40. The Kier molecular flexibility index (Phi) is 5.87. The Morgan fingerprint density at radius 3 is 2.78 bits per heavy atom. The zero-order valence-corrected chi connectivity index (χ0v) is 11.9. The standard InChI is InChI=1S/C11H23N3O3S/c1-3-12-11(14-7-5-10(15)9-14)13-6-4-8-18(2,16)17/h10,15H,3-9H2,1-2H3,(H,12,13)/t10-/m1/s1. The quantitative estimate of drug-likeness (QED) is 0.400. The molecule has 1 aliphatic heterocycles. The molecule has 1 heterocycles. The van der Waals surface area contributed by atoms with E-state index in [1.54, 1.807) is 0 Å². The van der Waals surface area contributed by atoms with Gasteiger partial charge in [0.1, 0.15) is 9.84 Å². The van der Waals surface area contributed by atoms with Crippen LogP contribution < -0.4 is 5.32 Å². The van der Waals surface area contributed by atoms with Gasteiger partial charge in [-0.2, -0.15) is 0 Å². The summed E-state index contributed by atoms with van der Waals surface area (Å²) in [7, 11) is -2.91. The summed E-state index contributed by atoms with van der Waals surface area (Å²) in [5.74, 6) is 0.931. The summed E-state index contributed by atoms with van der Waals surface area (Å²) in [5, 5.41) is 12.6. The SMILES string of the molecule is CCNC(=NCCCS(C)(=O)=O)N1CC[C@@H](O)C1. The molecule has 18 heavy (non-hydrogen) atoms. The minimum absolute atomic E-state index is 0.165. The lowest BCUT2D eigenvalue weighted by atomic mass is 10.3. The number of β-amino-alcohol motifs (C(OH)–C–C–N with tert-alkyl or cyclic N) is 1. The van der Waals surface area contributed by atoms with E-state index in [0.29, 0.717) is 19.5 Å². The van der Waals surface area contributed by atoms with Gasteiger partial charge in [-0.1, -0.05) is 0 Å². The Labute approximate surface area is 109 Å². The lowest BCUT2D eigenvalue weighted by Gasteiger charge is -2.20. The Morgan fingerprint density at radius 2 is 2.28 bits per heavy atom. The molecule has 1 aliphatic rings. The molecule has 0 aliphatic carbocycles. The molecule has 1 rings (SSSR count). The molecule has 0 saturated carbocycles. The van der Waals surface area contributed by atoms with Gasteiger partial charge >= 0.3 is 0 Å². The summed E-state index contributed by atoms with van der Waals surface area (Å²) in [6, 6.07) is 0. The van der Waals surface area contributed by atoms with Crippen LogP contribution in [0.25, 0.3) is 0 Å². The van der Waals surface area contributed by atoms with Crippen LogP contribution in [0.5, 0.6) is 0 Å². The minimum atomic E-state index is -2.91. The van der Waals surface area contributed by atoms with Crippen molar-refractivity contribution in [3.8, 4) is 0 Å². The predicted molar refractivity (Wildman–Crippen MR) is 72.5 cm³/mol. The van der Waals surface area contributed by atoms with Crippen molar-refractivity contribution in [1.29, 1.82) is 0 Å². The van der Waals surface area contributed by atoms with Gasteiger partial charge in [-0.3, -0.25) is 4.99 Å². The number of hydrogen-bond donors (Lipinski definition) is 2. The topological polar surface area (TPSA) is 82.0 Å². The molecule has 1 saturated heterocycles. The van der Waals surface area contributed by atoms with Crippen molar-refractivity contribution in [1.82, 2.24) is 10.2 Å². The summed E-state index contributed by atoms with van der Waals surface area (Å²) in [4.78, 5) is 6.40. The van der Waals surface area contributed by atoms with Crippen molar-refractivity contribution in [3.63, 3.8) is 0 Å². The first-order valence-electron chi connectivity index (χ1n) is 6.31. The maximum absolute atomic E-state index is 11.0. The second-order valence-electron chi connectivity index (χ2n) is 4.61. The number of guanidine groups is 1. The monoisotopic (exact) mass is 277 g/mol. The van der Waals surface area contributed by atoms with Crippen LogP contribution in [-0.4, -0.2) is 68.7 Å². The van der Waals surface area contributed by atoms with Gasteiger partial charge in [0.2, 0.25) is 0 Å². The van der Waals surface area contributed by atoms with Crippen LogP contribution in [-0.2, 0) is 9.84 Å². The first kappa shape index (κ1) is 15.2. The molecule has 0 aromatic carbocycles. The van der Waals surface area contributed by atoms with Crippen LogP contribution in [0.3, 0.4) is 0 Å². The van der Waals surface area contributed by atoms with Crippen molar-refractivity contribution in [3.05, 3.63) is 0 Å². The molecule has 2 N–H and O–H groups in total. The molecular weight excluding hydrogens is 254 g/mol. The number of aliphatic imine (C=N–C) groups is 1. The number of sulfone groups is 1.